The summed E-state index contributed by atoms with van der Waals surface area (Å²) < 4.78 is 9.49. The largest absolute Gasteiger partial charge is 0.506 e. The molecule has 128 valence electrons. The number of methoxy groups -OCH3 is 2. The number of phenols is 1. The fourth-order valence-corrected chi connectivity index (χ4v) is 2.31. The van der Waals surface area contributed by atoms with Crippen LogP contribution in [-0.4, -0.2) is 44.5 Å². The number of carbonyl (C=O) groups excluding carboxylic acids is 2. The summed E-state index contributed by atoms with van der Waals surface area (Å²) in [5, 5.41) is 16.8. The van der Waals surface area contributed by atoms with Crippen molar-refractivity contribution in [3.8, 4) is 5.75 Å². The molecule has 0 aliphatic carbocycles. The van der Waals surface area contributed by atoms with E-state index in [1.54, 1.807) is 31.4 Å². The van der Waals surface area contributed by atoms with Crippen molar-refractivity contribution >= 4 is 28.5 Å². The number of aromatic hydroxyl groups is 1. The normalized spacial score (nSPS) is 10.4. The van der Waals surface area contributed by atoms with Gasteiger partial charge in [0.1, 0.15) is 5.75 Å². The van der Waals surface area contributed by atoms with Crippen LogP contribution >= 0.6 is 0 Å². The minimum absolute atomic E-state index is 0.134. The monoisotopic (exact) mass is 332 g/mol. The Balaban J connectivity index is 2.27. The lowest BCUT2D eigenvalue weighted by Crippen LogP contribution is -2.25. The molecule has 2 amide bonds. The van der Waals surface area contributed by atoms with Crippen LogP contribution in [-0.2, 0) is 9.47 Å². The predicted octanol–water partition coefficient (Wildman–Crippen LogP) is 2.49. The van der Waals surface area contributed by atoms with Crippen LogP contribution in [0.4, 0.5) is 10.5 Å². The molecule has 0 saturated carbocycles. The van der Waals surface area contributed by atoms with Crippen molar-refractivity contribution in [3.05, 3.63) is 35.9 Å². The van der Waals surface area contributed by atoms with Gasteiger partial charge in [-0.1, -0.05) is 18.2 Å². The van der Waals surface area contributed by atoms with Crippen LogP contribution in [0.3, 0.4) is 0 Å². The van der Waals surface area contributed by atoms with Crippen LogP contribution in [0.2, 0.25) is 0 Å². The maximum absolute atomic E-state index is 12.2. The Morgan fingerprint density at radius 2 is 1.92 bits per heavy atom. The molecule has 0 fully saturated rings. The number of carbonyl (C=O) groups is 2. The molecule has 7 nitrogen and oxygen atoms in total. The number of ether oxygens (including phenoxy) is 2. The number of nitrogens with one attached hydrogen (secondary N) is 2. The molecule has 2 rings (SSSR count). The van der Waals surface area contributed by atoms with Gasteiger partial charge < -0.3 is 19.9 Å². The van der Waals surface area contributed by atoms with Gasteiger partial charge in [-0.3, -0.25) is 10.1 Å². The third kappa shape index (κ3) is 3.94. The number of benzene rings is 2. The van der Waals surface area contributed by atoms with Gasteiger partial charge in [-0.05, 0) is 18.6 Å². The summed E-state index contributed by atoms with van der Waals surface area (Å²) >= 11 is 0. The molecule has 24 heavy (non-hydrogen) atoms. The molecule has 0 heterocycles. The van der Waals surface area contributed by atoms with Crippen molar-refractivity contribution in [2.24, 2.45) is 0 Å². The Labute approximate surface area is 139 Å². The highest BCUT2D eigenvalue weighted by atomic mass is 16.5. The zero-order chi connectivity index (χ0) is 17.5. The molecule has 7 heteroatoms. The highest BCUT2D eigenvalue weighted by Gasteiger charge is 2.15. The number of rotatable bonds is 6. The zero-order valence-corrected chi connectivity index (χ0v) is 13.6. The standard InChI is InChI=1S/C17H20N2O5/c1-23-10-4-9-18-16(21)13-8-7-11-12(15(13)20)5-3-6-14(11)19-17(22)24-2/h3,5-8,20H,4,9-10H2,1-2H3,(H,18,21)(H,19,22). The first-order chi connectivity index (χ1) is 11.6. The lowest BCUT2D eigenvalue weighted by Gasteiger charge is -2.12. The lowest BCUT2D eigenvalue weighted by atomic mass is 10.0. The van der Waals surface area contributed by atoms with Crippen LogP contribution < -0.4 is 10.6 Å². The third-order valence-electron chi connectivity index (χ3n) is 3.51. The Morgan fingerprint density at radius 3 is 2.62 bits per heavy atom. The molecule has 0 spiro atoms. The zero-order valence-electron chi connectivity index (χ0n) is 13.6. The van der Waals surface area contributed by atoms with Gasteiger partial charge in [0.25, 0.3) is 5.91 Å². The molecule has 2 aromatic carbocycles. The fourth-order valence-electron chi connectivity index (χ4n) is 2.31. The summed E-state index contributed by atoms with van der Waals surface area (Å²) in [6.07, 6.45) is 0.0750. The van der Waals surface area contributed by atoms with E-state index in [9.17, 15) is 14.7 Å². The number of anilines is 1. The van der Waals surface area contributed by atoms with Crippen molar-refractivity contribution in [1.29, 1.82) is 0 Å². The van der Waals surface area contributed by atoms with Gasteiger partial charge >= 0.3 is 6.09 Å². The average Bonchev–Trinajstić information content (AvgIpc) is 2.59. The van der Waals surface area contributed by atoms with E-state index < -0.39 is 6.09 Å². The number of amides is 2. The average molecular weight is 332 g/mol. The Hall–Kier alpha value is -2.80. The van der Waals surface area contributed by atoms with E-state index in [1.807, 2.05) is 0 Å². The molecule has 0 unspecified atom stereocenters. The third-order valence-corrected chi connectivity index (χ3v) is 3.51. The van der Waals surface area contributed by atoms with Crippen molar-refractivity contribution in [1.82, 2.24) is 5.32 Å². The van der Waals surface area contributed by atoms with Gasteiger partial charge in [0.05, 0.1) is 18.4 Å². The van der Waals surface area contributed by atoms with Gasteiger partial charge in [-0.15, -0.1) is 0 Å². The minimum Gasteiger partial charge on any atom is -0.506 e. The fraction of sp³-hybridized carbons (Fsp3) is 0.294. The number of phenolic OH excluding ortho intramolecular Hbond substituents is 1. The van der Waals surface area contributed by atoms with Gasteiger partial charge in [0.15, 0.2) is 0 Å². The molecule has 0 saturated heterocycles. The summed E-state index contributed by atoms with van der Waals surface area (Å²) in [7, 11) is 2.86. The van der Waals surface area contributed by atoms with Crippen LogP contribution in [0.5, 0.6) is 5.75 Å². The molecular formula is C17H20N2O5. The molecule has 0 aliphatic heterocycles. The lowest BCUT2D eigenvalue weighted by molar-refractivity contribution is 0.0946. The second-order valence-electron chi connectivity index (χ2n) is 5.08. The van der Waals surface area contributed by atoms with Crippen molar-refractivity contribution in [2.45, 2.75) is 6.42 Å². The van der Waals surface area contributed by atoms with E-state index in [0.29, 0.717) is 36.0 Å². The summed E-state index contributed by atoms with van der Waals surface area (Å²) in [6.45, 7) is 1.00. The topological polar surface area (TPSA) is 96.9 Å². The number of hydrogen-bond donors (Lipinski definition) is 3. The predicted molar refractivity (Wildman–Crippen MR) is 90.5 cm³/mol. The second kappa shape index (κ2) is 8.16. The summed E-state index contributed by atoms with van der Waals surface area (Å²) in [5.41, 5.74) is 0.664. The number of fused-ring (bicyclic) bond motifs is 1. The molecular weight excluding hydrogens is 312 g/mol. The highest BCUT2D eigenvalue weighted by molar-refractivity contribution is 6.08. The quantitative estimate of drug-likeness (QED) is 0.706. The maximum atomic E-state index is 12.2. The van der Waals surface area contributed by atoms with Crippen LogP contribution in [0, 0.1) is 0 Å². The molecule has 0 aliphatic rings. The van der Waals surface area contributed by atoms with Gasteiger partial charge in [0, 0.05) is 31.0 Å². The van der Waals surface area contributed by atoms with E-state index in [4.69, 9.17) is 4.74 Å². The van der Waals surface area contributed by atoms with Crippen LogP contribution in [0.25, 0.3) is 10.8 Å². The molecule has 0 bridgehead atoms. The summed E-state index contributed by atoms with van der Waals surface area (Å²) in [4.78, 5) is 23.6. The minimum atomic E-state index is -0.609. The Morgan fingerprint density at radius 1 is 1.12 bits per heavy atom. The second-order valence-corrected chi connectivity index (χ2v) is 5.08. The Kier molecular flexibility index (Phi) is 5.97. The van der Waals surface area contributed by atoms with Gasteiger partial charge in [0.2, 0.25) is 0 Å². The first-order valence-electron chi connectivity index (χ1n) is 7.45. The molecule has 3 N–H and O–H groups in total. The molecule has 0 aromatic heterocycles. The number of hydrogen-bond acceptors (Lipinski definition) is 5. The van der Waals surface area contributed by atoms with E-state index in [-0.39, 0.29) is 17.2 Å². The van der Waals surface area contributed by atoms with Crippen molar-refractivity contribution < 1.29 is 24.2 Å². The van der Waals surface area contributed by atoms with E-state index in [1.165, 1.54) is 13.2 Å². The van der Waals surface area contributed by atoms with Gasteiger partial charge in [-0.2, -0.15) is 0 Å². The first kappa shape index (κ1) is 17.6. The van der Waals surface area contributed by atoms with E-state index in [0.717, 1.165) is 0 Å². The first-order valence-corrected chi connectivity index (χ1v) is 7.45. The summed E-state index contributed by atoms with van der Waals surface area (Å²) in [6, 6.07) is 8.22. The SMILES string of the molecule is COCCCNC(=O)c1ccc2c(NC(=O)OC)cccc2c1O. The van der Waals surface area contributed by atoms with Crippen LogP contribution in [0.15, 0.2) is 30.3 Å². The molecule has 0 atom stereocenters. The molecule has 2 aromatic rings. The van der Waals surface area contributed by atoms with E-state index in [2.05, 4.69) is 15.4 Å². The maximum Gasteiger partial charge on any atom is 0.411 e. The van der Waals surface area contributed by atoms with E-state index >= 15 is 0 Å². The van der Waals surface area contributed by atoms with Crippen LogP contribution in [0.1, 0.15) is 16.8 Å². The smallest absolute Gasteiger partial charge is 0.411 e. The van der Waals surface area contributed by atoms with Crippen molar-refractivity contribution in [2.75, 3.05) is 32.7 Å². The summed E-state index contributed by atoms with van der Waals surface area (Å²) in [5.74, 6) is -0.498. The van der Waals surface area contributed by atoms with Gasteiger partial charge in [-0.25, -0.2) is 4.79 Å². The highest BCUT2D eigenvalue weighted by Crippen LogP contribution is 2.33. The Bertz CT molecular complexity index is 745. The van der Waals surface area contributed by atoms with Crippen molar-refractivity contribution in [3.63, 3.8) is 0 Å². The molecule has 0 radical (unpaired) electrons.